The second kappa shape index (κ2) is 7.31. The molecule has 0 saturated heterocycles. The van der Waals surface area contributed by atoms with Crippen LogP contribution in [0, 0.1) is 5.92 Å². The fraction of sp³-hybridized carbons (Fsp3) is 0.500. The molecule has 0 aliphatic rings. The van der Waals surface area contributed by atoms with Gasteiger partial charge in [0.1, 0.15) is 6.61 Å². The predicted octanol–water partition coefficient (Wildman–Crippen LogP) is 2.52. The monoisotopic (exact) mass is 268 g/mol. The highest BCUT2D eigenvalue weighted by molar-refractivity contribution is 7.85. The standard InChI is InChI=1S/C14H20O3S/c1-11(2)18(16)10-12(3)14(15)17-9-13-7-5-4-6-8-13/h4-8,11-12H,9-10H2,1-3H3. The van der Waals surface area contributed by atoms with Gasteiger partial charge in [-0.3, -0.25) is 9.00 Å². The lowest BCUT2D eigenvalue weighted by molar-refractivity contribution is -0.148. The van der Waals surface area contributed by atoms with Crippen LogP contribution in [-0.4, -0.2) is 21.2 Å². The molecule has 1 aromatic rings. The SMILES string of the molecule is CC(CS(=O)C(C)C)C(=O)OCc1ccccc1. The van der Waals surface area contributed by atoms with Gasteiger partial charge in [-0.05, 0) is 5.56 Å². The molecule has 1 rings (SSSR count). The summed E-state index contributed by atoms with van der Waals surface area (Å²) < 4.78 is 16.8. The van der Waals surface area contributed by atoms with Crippen LogP contribution in [0.4, 0.5) is 0 Å². The van der Waals surface area contributed by atoms with Crippen LogP contribution in [0.5, 0.6) is 0 Å². The highest BCUT2D eigenvalue weighted by Crippen LogP contribution is 2.08. The minimum atomic E-state index is -0.971. The molecule has 2 unspecified atom stereocenters. The Balaban J connectivity index is 2.39. The Morgan fingerprint density at radius 3 is 2.39 bits per heavy atom. The third-order valence-electron chi connectivity index (χ3n) is 2.57. The van der Waals surface area contributed by atoms with Crippen LogP contribution in [0.25, 0.3) is 0 Å². The lowest BCUT2D eigenvalue weighted by atomic mass is 10.2. The number of hydrogen-bond donors (Lipinski definition) is 0. The molecule has 0 bridgehead atoms. The van der Waals surface area contributed by atoms with Crippen LogP contribution in [0.2, 0.25) is 0 Å². The maximum absolute atomic E-state index is 11.7. The van der Waals surface area contributed by atoms with Gasteiger partial charge < -0.3 is 4.74 Å². The van der Waals surface area contributed by atoms with Gasteiger partial charge in [0.25, 0.3) is 0 Å². The Morgan fingerprint density at radius 2 is 1.83 bits per heavy atom. The van der Waals surface area contributed by atoms with Crippen LogP contribution in [0.1, 0.15) is 26.3 Å². The van der Waals surface area contributed by atoms with E-state index in [0.29, 0.717) is 5.75 Å². The molecule has 0 spiro atoms. The van der Waals surface area contributed by atoms with Gasteiger partial charge in [-0.1, -0.05) is 51.1 Å². The molecule has 0 amide bonds. The molecule has 18 heavy (non-hydrogen) atoms. The number of rotatable bonds is 6. The Kier molecular flexibility index (Phi) is 6.05. The van der Waals surface area contributed by atoms with Gasteiger partial charge in [-0.2, -0.15) is 0 Å². The second-order valence-corrected chi connectivity index (χ2v) is 6.63. The number of benzene rings is 1. The van der Waals surface area contributed by atoms with Crippen molar-refractivity contribution in [3.63, 3.8) is 0 Å². The van der Waals surface area contributed by atoms with E-state index in [-0.39, 0.29) is 23.7 Å². The number of esters is 1. The van der Waals surface area contributed by atoms with E-state index in [1.54, 1.807) is 6.92 Å². The molecule has 0 radical (unpaired) electrons. The highest BCUT2D eigenvalue weighted by Gasteiger charge is 2.19. The van der Waals surface area contributed by atoms with E-state index >= 15 is 0 Å². The van der Waals surface area contributed by atoms with E-state index in [1.807, 2.05) is 44.2 Å². The highest BCUT2D eigenvalue weighted by atomic mass is 32.2. The van der Waals surface area contributed by atoms with Gasteiger partial charge in [-0.15, -0.1) is 0 Å². The van der Waals surface area contributed by atoms with Crippen molar-refractivity contribution in [2.75, 3.05) is 5.75 Å². The van der Waals surface area contributed by atoms with E-state index in [4.69, 9.17) is 4.74 Å². The van der Waals surface area contributed by atoms with Crippen molar-refractivity contribution in [1.29, 1.82) is 0 Å². The van der Waals surface area contributed by atoms with Crippen molar-refractivity contribution >= 4 is 16.8 Å². The van der Waals surface area contributed by atoms with Crippen LogP contribution in [0.3, 0.4) is 0 Å². The first-order valence-electron chi connectivity index (χ1n) is 6.08. The first kappa shape index (κ1) is 14.9. The summed E-state index contributed by atoms with van der Waals surface area (Å²) in [7, 11) is -0.971. The molecule has 0 N–H and O–H groups in total. The second-order valence-electron chi connectivity index (χ2n) is 4.59. The average Bonchev–Trinajstić information content (AvgIpc) is 2.36. The lowest BCUT2D eigenvalue weighted by Gasteiger charge is -2.12. The van der Waals surface area contributed by atoms with Crippen molar-refractivity contribution in [2.24, 2.45) is 5.92 Å². The molecule has 0 saturated carbocycles. The first-order valence-corrected chi connectivity index (χ1v) is 7.46. The number of carbonyl (C=O) groups is 1. The molecule has 3 nitrogen and oxygen atoms in total. The quantitative estimate of drug-likeness (QED) is 0.745. The number of ether oxygens (including phenoxy) is 1. The van der Waals surface area contributed by atoms with Crippen molar-refractivity contribution in [3.05, 3.63) is 35.9 Å². The number of hydrogen-bond acceptors (Lipinski definition) is 3. The zero-order valence-corrected chi connectivity index (χ0v) is 11.9. The smallest absolute Gasteiger partial charge is 0.309 e. The summed E-state index contributed by atoms with van der Waals surface area (Å²) in [6.07, 6.45) is 0. The molecular formula is C14H20O3S. The zero-order chi connectivity index (χ0) is 13.5. The summed E-state index contributed by atoms with van der Waals surface area (Å²) in [5.41, 5.74) is 0.961. The normalized spacial score (nSPS) is 14.2. The zero-order valence-electron chi connectivity index (χ0n) is 11.1. The largest absolute Gasteiger partial charge is 0.461 e. The van der Waals surface area contributed by atoms with Crippen LogP contribution in [-0.2, 0) is 26.9 Å². The lowest BCUT2D eigenvalue weighted by Crippen LogP contribution is -2.23. The van der Waals surface area contributed by atoms with Crippen molar-refractivity contribution in [3.8, 4) is 0 Å². The topological polar surface area (TPSA) is 43.4 Å². The van der Waals surface area contributed by atoms with E-state index < -0.39 is 10.8 Å². The summed E-state index contributed by atoms with van der Waals surface area (Å²) in [6.45, 7) is 5.81. The summed E-state index contributed by atoms with van der Waals surface area (Å²) in [6, 6.07) is 9.54. The summed E-state index contributed by atoms with van der Waals surface area (Å²) >= 11 is 0. The Labute approximate surface area is 111 Å². The van der Waals surface area contributed by atoms with Gasteiger partial charge in [-0.25, -0.2) is 0 Å². The minimum absolute atomic E-state index is 0.0781. The van der Waals surface area contributed by atoms with Crippen molar-refractivity contribution < 1.29 is 13.7 Å². The fourth-order valence-corrected chi connectivity index (χ4v) is 2.39. The summed E-state index contributed by atoms with van der Waals surface area (Å²) in [4.78, 5) is 11.7. The van der Waals surface area contributed by atoms with Gasteiger partial charge in [0.05, 0.1) is 5.92 Å². The minimum Gasteiger partial charge on any atom is -0.461 e. The van der Waals surface area contributed by atoms with Gasteiger partial charge in [0.2, 0.25) is 0 Å². The average molecular weight is 268 g/mol. The third-order valence-corrected chi connectivity index (χ3v) is 4.45. The van der Waals surface area contributed by atoms with Gasteiger partial charge >= 0.3 is 5.97 Å². The molecular weight excluding hydrogens is 248 g/mol. The molecule has 4 heteroatoms. The van der Waals surface area contributed by atoms with Crippen LogP contribution < -0.4 is 0 Å². The Morgan fingerprint density at radius 1 is 1.22 bits per heavy atom. The molecule has 100 valence electrons. The van der Waals surface area contributed by atoms with E-state index in [1.165, 1.54) is 0 Å². The van der Waals surface area contributed by atoms with E-state index in [2.05, 4.69) is 0 Å². The maximum Gasteiger partial charge on any atom is 0.309 e. The van der Waals surface area contributed by atoms with Gasteiger partial charge in [0.15, 0.2) is 0 Å². The number of carbonyl (C=O) groups excluding carboxylic acids is 1. The maximum atomic E-state index is 11.7. The molecule has 0 aliphatic carbocycles. The van der Waals surface area contributed by atoms with Crippen molar-refractivity contribution in [2.45, 2.75) is 32.6 Å². The molecule has 0 heterocycles. The predicted molar refractivity (Wildman–Crippen MR) is 73.5 cm³/mol. The van der Waals surface area contributed by atoms with Crippen LogP contribution in [0.15, 0.2) is 30.3 Å². The third kappa shape index (κ3) is 5.00. The molecule has 0 aromatic heterocycles. The van der Waals surface area contributed by atoms with Crippen molar-refractivity contribution in [1.82, 2.24) is 0 Å². The van der Waals surface area contributed by atoms with Gasteiger partial charge in [0, 0.05) is 21.8 Å². The molecule has 0 aliphatic heterocycles. The van der Waals surface area contributed by atoms with E-state index in [0.717, 1.165) is 5.56 Å². The van der Waals surface area contributed by atoms with E-state index in [9.17, 15) is 9.00 Å². The Hall–Kier alpha value is -1.16. The summed E-state index contributed by atoms with van der Waals surface area (Å²) in [5, 5.41) is 0.0781. The molecule has 0 fully saturated rings. The molecule has 2 atom stereocenters. The molecule has 1 aromatic carbocycles. The first-order chi connectivity index (χ1) is 8.50. The summed E-state index contributed by atoms with van der Waals surface area (Å²) in [5.74, 6) is -0.240. The fourth-order valence-electron chi connectivity index (χ4n) is 1.38. The van der Waals surface area contributed by atoms with Crippen LogP contribution >= 0.6 is 0 Å². The Bertz CT molecular complexity index is 401.